The molecule has 2 aromatic rings. The van der Waals surface area contributed by atoms with Crippen molar-refractivity contribution in [2.75, 3.05) is 19.6 Å². The van der Waals surface area contributed by atoms with Crippen LogP contribution in [0.15, 0.2) is 24.4 Å². The maximum atomic E-state index is 12.6. The van der Waals surface area contributed by atoms with Crippen molar-refractivity contribution >= 4 is 16.8 Å². The van der Waals surface area contributed by atoms with E-state index in [9.17, 15) is 4.79 Å². The molecule has 5 nitrogen and oxygen atoms in total. The Bertz CT molecular complexity index is 603. The van der Waals surface area contributed by atoms with Gasteiger partial charge in [-0.15, -0.1) is 0 Å². The first-order valence-electron chi connectivity index (χ1n) is 6.89. The first-order valence-corrected chi connectivity index (χ1v) is 6.89. The summed E-state index contributed by atoms with van der Waals surface area (Å²) in [6, 6.07) is 5.61. The highest BCUT2D eigenvalue weighted by Gasteiger charge is 2.23. The van der Waals surface area contributed by atoms with E-state index in [1.165, 1.54) is 0 Å². The lowest BCUT2D eigenvalue weighted by atomic mass is 9.93. The zero-order valence-electron chi connectivity index (χ0n) is 12.3. The lowest BCUT2D eigenvalue weighted by Gasteiger charge is -2.31. The van der Waals surface area contributed by atoms with Gasteiger partial charge in [-0.1, -0.05) is 19.9 Å². The second kappa shape index (κ2) is 5.63. The molecular weight excluding hydrogens is 252 g/mol. The number of nitrogens with one attached hydrogen (secondary N) is 1. The van der Waals surface area contributed by atoms with E-state index >= 15 is 0 Å². The summed E-state index contributed by atoms with van der Waals surface area (Å²) < 4.78 is 0. The molecule has 0 radical (unpaired) electrons. The van der Waals surface area contributed by atoms with Crippen molar-refractivity contribution in [1.29, 1.82) is 0 Å². The van der Waals surface area contributed by atoms with Crippen molar-refractivity contribution < 1.29 is 4.79 Å². The van der Waals surface area contributed by atoms with Gasteiger partial charge < -0.3 is 10.6 Å². The number of nitrogens with two attached hydrogens (primary N) is 1. The molecular formula is C15H22N4O. The molecule has 0 fully saturated rings. The molecule has 2 rings (SSSR count). The van der Waals surface area contributed by atoms with E-state index in [0.717, 1.165) is 10.9 Å². The number of nitrogens with zero attached hydrogens (tertiary/aromatic N) is 2. The van der Waals surface area contributed by atoms with Crippen LogP contribution < -0.4 is 5.73 Å². The second-order valence-corrected chi connectivity index (χ2v) is 5.86. The minimum absolute atomic E-state index is 0.0329. The van der Waals surface area contributed by atoms with Gasteiger partial charge in [0.1, 0.15) is 0 Å². The normalized spacial score (nSPS) is 11.8. The highest BCUT2D eigenvalue weighted by atomic mass is 16.2. The van der Waals surface area contributed by atoms with Crippen LogP contribution in [0.5, 0.6) is 0 Å². The van der Waals surface area contributed by atoms with E-state index in [1.54, 1.807) is 6.20 Å². The molecule has 0 bridgehead atoms. The van der Waals surface area contributed by atoms with Crippen molar-refractivity contribution in [3.05, 3.63) is 30.0 Å². The quantitative estimate of drug-likeness (QED) is 0.875. The Labute approximate surface area is 119 Å². The predicted molar refractivity (Wildman–Crippen MR) is 80.5 cm³/mol. The topological polar surface area (TPSA) is 75.0 Å². The molecule has 1 heterocycles. The Balaban J connectivity index is 2.23. The zero-order chi connectivity index (χ0) is 14.8. The summed E-state index contributed by atoms with van der Waals surface area (Å²) in [5.41, 5.74) is 7.23. The van der Waals surface area contributed by atoms with Crippen LogP contribution in [0.4, 0.5) is 0 Å². The van der Waals surface area contributed by atoms with E-state index in [2.05, 4.69) is 24.0 Å². The molecule has 1 aromatic heterocycles. The number of carbonyl (C=O) groups is 1. The molecule has 20 heavy (non-hydrogen) atoms. The number of benzene rings is 1. The molecule has 0 aliphatic heterocycles. The van der Waals surface area contributed by atoms with Gasteiger partial charge in [-0.25, -0.2) is 0 Å². The van der Waals surface area contributed by atoms with E-state index in [4.69, 9.17) is 5.73 Å². The molecule has 0 aliphatic carbocycles. The fraction of sp³-hybridized carbons (Fsp3) is 0.467. The zero-order valence-corrected chi connectivity index (χ0v) is 12.3. The number of H-pyrrole nitrogens is 1. The third kappa shape index (κ3) is 2.99. The molecule has 0 spiro atoms. The van der Waals surface area contributed by atoms with Crippen molar-refractivity contribution in [2.45, 2.75) is 20.8 Å². The first-order chi connectivity index (χ1) is 9.46. The highest BCUT2D eigenvalue weighted by molar-refractivity contribution is 5.97. The number of hydrogen-bond acceptors (Lipinski definition) is 3. The van der Waals surface area contributed by atoms with Crippen LogP contribution in [0.3, 0.4) is 0 Å². The molecule has 1 amide bonds. The largest absolute Gasteiger partial charge is 0.338 e. The second-order valence-electron chi connectivity index (χ2n) is 5.86. The SMILES string of the molecule is CCN(CC(C)(C)CN)C(=O)c1ccc2cn[nH]c2c1. The summed E-state index contributed by atoms with van der Waals surface area (Å²) in [4.78, 5) is 14.4. The summed E-state index contributed by atoms with van der Waals surface area (Å²) in [5.74, 6) is 0.0329. The summed E-state index contributed by atoms with van der Waals surface area (Å²) in [5, 5.41) is 7.87. The maximum absolute atomic E-state index is 12.6. The van der Waals surface area contributed by atoms with Gasteiger partial charge in [0.15, 0.2) is 0 Å². The molecule has 1 aromatic carbocycles. The molecule has 3 N–H and O–H groups in total. The van der Waals surface area contributed by atoms with Gasteiger partial charge >= 0.3 is 0 Å². The van der Waals surface area contributed by atoms with E-state index in [1.807, 2.05) is 30.0 Å². The van der Waals surface area contributed by atoms with Crippen LogP contribution in [-0.4, -0.2) is 40.6 Å². The van der Waals surface area contributed by atoms with E-state index < -0.39 is 0 Å². The Morgan fingerprint density at radius 2 is 2.20 bits per heavy atom. The van der Waals surface area contributed by atoms with Crippen molar-refractivity contribution in [1.82, 2.24) is 15.1 Å². The molecule has 108 valence electrons. The molecule has 0 saturated heterocycles. The molecule has 0 aliphatic rings. The Morgan fingerprint density at radius 1 is 1.45 bits per heavy atom. The lowest BCUT2D eigenvalue weighted by molar-refractivity contribution is 0.0701. The van der Waals surface area contributed by atoms with Gasteiger partial charge in [-0.2, -0.15) is 5.10 Å². The molecule has 0 unspecified atom stereocenters. The minimum atomic E-state index is -0.0796. The maximum Gasteiger partial charge on any atom is 0.253 e. The van der Waals surface area contributed by atoms with Crippen molar-refractivity contribution in [2.24, 2.45) is 11.1 Å². The van der Waals surface area contributed by atoms with E-state index in [0.29, 0.717) is 25.2 Å². The summed E-state index contributed by atoms with van der Waals surface area (Å²) in [6.45, 7) is 8.00. The third-order valence-electron chi connectivity index (χ3n) is 3.53. The highest BCUT2D eigenvalue weighted by Crippen LogP contribution is 2.18. The van der Waals surface area contributed by atoms with Gasteiger partial charge in [-0.05, 0) is 31.0 Å². The molecule has 5 heteroatoms. The fourth-order valence-electron chi connectivity index (χ4n) is 2.16. The minimum Gasteiger partial charge on any atom is -0.338 e. The number of aromatic amines is 1. The van der Waals surface area contributed by atoms with Crippen LogP contribution in [0.1, 0.15) is 31.1 Å². The molecule has 0 saturated carbocycles. The number of carbonyl (C=O) groups excluding carboxylic acids is 1. The third-order valence-corrected chi connectivity index (χ3v) is 3.53. The smallest absolute Gasteiger partial charge is 0.253 e. The van der Waals surface area contributed by atoms with Crippen LogP contribution in [0.25, 0.3) is 10.9 Å². The Morgan fingerprint density at radius 3 is 2.85 bits per heavy atom. The number of amides is 1. The first kappa shape index (κ1) is 14.5. The summed E-state index contributed by atoms with van der Waals surface area (Å²) in [6.07, 6.45) is 1.75. The van der Waals surface area contributed by atoms with Gasteiger partial charge in [0.2, 0.25) is 0 Å². The van der Waals surface area contributed by atoms with Crippen LogP contribution in [0.2, 0.25) is 0 Å². The number of rotatable bonds is 5. The molecule has 0 atom stereocenters. The number of hydrogen-bond donors (Lipinski definition) is 2. The van der Waals surface area contributed by atoms with E-state index in [-0.39, 0.29) is 11.3 Å². The van der Waals surface area contributed by atoms with Crippen LogP contribution in [-0.2, 0) is 0 Å². The van der Waals surface area contributed by atoms with Crippen molar-refractivity contribution in [3.8, 4) is 0 Å². The van der Waals surface area contributed by atoms with Crippen molar-refractivity contribution in [3.63, 3.8) is 0 Å². The summed E-state index contributed by atoms with van der Waals surface area (Å²) >= 11 is 0. The Hall–Kier alpha value is -1.88. The van der Waals surface area contributed by atoms with Gasteiger partial charge in [0.25, 0.3) is 5.91 Å². The van der Waals surface area contributed by atoms with Gasteiger partial charge in [0, 0.05) is 24.0 Å². The standard InChI is InChI=1S/C15H22N4O/c1-4-19(10-15(2,3)9-16)14(20)11-5-6-12-8-17-18-13(12)7-11/h5-8H,4,9-10,16H2,1-3H3,(H,17,18). The van der Waals surface area contributed by atoms with Gasteiger partial charge in [-0.3, -0.25) is 9.89 Å². The monoisotopic (exact) mass is 274 g/mol. The number of fused-ring (bicyclic) bond motifs is 1. The average molecular weight is 274 g/mol. The fourth-order valence-corrected chi connectivity index (χ4v) is 2.16. The van der Waals surface area contributed by atoms with Crippen LogP contribution in [0, 0.1) is 5.41 Å². The lowest BCUT2D eigenvalue weighted by Crippen LogP contribution is -2.41. The van der Waals surface area contributed by atoms with Crippen LogP contribution >= 0.6 is 0 Å². The Kier molecular flexibility index (Phi) is 4.09. The summed E-state index contributed by atoms with van der Waals surface area (Å²) in [7, 11) is 0. The number of aromatic nitrogens is 2. The van der Waals surface area contributed by atoms with Gasteiger partial charge in [0.05, 0.1) is 11.7 Å². The average Bonchev–Trinajstić information content (AvgIpc) is 2.91. The predicted octanol–water partition coefficient (Wildman–Crippen LogP) is 2.01.